The predicted octanol–water partition coefficient (Wildman–Crippen LogP) is 3.18. The largest absolute Gasteiger partial charge is 0.325 e. The number of rotatable bonds is 2. The lowest BCUT2D eigenvalue weighted by Crippen LogP contribution is -2.11. The molecule has 0 bridgehead atoms. The second-order valence-corrected chi connectivity index (χ2v) is 4.18. The van der Waals surface area contributed by atoms with Crippen molar-refractivity contribution in [3.05, 3.63) is 28.8 Å². The van der Waals surface area contributed by atoms with Gasteiger partial charge < -0.3 is 5.32 Å². The Bertz CT molecular complexity index is 484. The number of amides is 1. The van der Waals surface area contributed by atoms with Gasteiger partial charge in [0.2, 0.25) is 5.91 Å². The molecule has 1 heterocycles. The molecule has 1 N–H and O–H groups in total. The second kappa shape index (κ2) is 4.59. The predicted molar refractivity (Wildman–Crippen MR) is 65.5 cm³/mol. The lowest BCUT2D eigenvalue weighted by molar-refractivity contribution is -0.117. The van der Waals surface area contributed by atoms with Crippen molar-refractivity contribution in [1.29, 1.82) is 0 Å². The van der Waals surface area contributed by atoms with Crippen LogP contribution in [0.5, 0.6) is 0 Å². The molecule has 0 fully saturated rings. The Morgan fingerprint density at radius 3 is 3.06 bits per heavy atom. The van der Waals surface area contributed by atoms with Crippen LogP contribution in [0.25, 0.3) is 0 Å². The van der Waals surface area contributed by atoms with Gasteiger partial charge in [0.15, 0.2) is 0 Å². The number of carbonyl (C=O) groups excluding carboxylic acids is 1. The maximum atomic E-state index is 11.7. The van der Waals surface area contributed by atoms with Gasteiger partial charge in [-0.1, -0.05) is 11.6 Å². The molecule has 0 aliphatic carbocycles. The van der Waals surface area contributed by atoms with Crippen LogP contribution < -0.4 is 5.32 Å². The highest BCUT2D eigenvalue weighted by molar-refractivity contribution is 6.31. The molecule has 82 valence electrons. The van der Waals surface area contributed by atoms with Crippen molar-refractivity contribution >= 4 is 23.2 Å². The summed E-state index contributed by atoms with van der Waals surface area (Å²) in [7, 11) is 0. The summed E-state index contributed by atoms with van der Waals surface area (Å²) in [5.74, 6) is 5.76. The highest BCUT2D eigenvalue weighted by Gasteiger charge is 2.29. The summed E-state index contributed by atoms with van der Waals surface area (Å²) in [4.78, 5) is 11.7. The van der Waals surface area contributed by atoms with E-state index >= 15 is 0 Å². The standard InChI is InChI=1S/C13H12ClNO/c1-2-3-4-5-10-11-8-9(14)6-7-12(11)15-13(10)16/h6-8,10H,4-5H2,1H3,(H,15,16). The number of halogens is 1. The number of anilines is 1. The molecule has 0 aromatic heterocycles. The van der Waals surface area contributed by atoms with E-state index in [2.05, 4.69) is 17.2 Å². The number of nitrogens with one attached hydrogen (secondary N) is 1. The van der Waals surface area contributed by atoms with Crippen LogP contribution in [0, 0.1) is 11.8 Å². The number of hydrogen-bond acceptors (Lipinski definition) is 1. The smallest absolute Gasteiger partial charge is 0.232 e. The Labute approximate surface area is 100.0 Å². The molecule has 0 saturated carbocycles. The zero-order chi connectivity index (χ0) is 11.5. The van der Waals surface area contributed by atoms with Crippen LogP contribution in [0.1, 0.15) is 31.2 Å². The van der Waals surface area contributed by atoms with E-state index in [-0.39, 0.29) is 11.8 Å². The summed E-state index contributed by atoms with van der Waals surface area (Å²) in [6, 6.07) is 5.49. The van der Waals surface area contributed by atoms with Crippen LogP contribution in [-0.2, 0) is 4.79 Å². The molecular weight excluding hydrogens is 222 g/mol. The Hall–Kier alpha value is -1.46. The Kier molecular flexibility index (Phi) is 3.17. The minimum atomic E-state index is -0.102. The summed E-state index contributed by atoms with van der Waals surface area (Å²) in [5.41, 5.74) is 1.87. The fourth-order valence-corrected chi connectivity index (χ4v) is 2.11. The van der Waals surface area contributed by atoms with E-state index in [9.17, 15) is 4.79 Å². The third-order valence-electron chi connectivity index (χ3n) is 2.70. The molecule has 1 aromatic carbocycles. The lowest BCUT2D eigenvalue weighted by atomic mass is 9.96. The monoisotopic (exact) mass is 233 g/mol. The summed E-state index contributed by atoms with van der Waals surface area (Å²) in [6.45, 7) is 1.81. The molecule has 1 aromatic rings. The summed E-state index contributed by atoms with van der Waals surface area (Å²) < 4.78 is 0. The van der Waals surface area contributed by atoms with Gasteiger partial charge in [-0.2, -0.15) is 0 Å². The topological polar surface area (TPSA) is 29.1 Å². The van der Waals surface area contributed by atoms with Crippen molar-refractivity contribution in [2.75, 3.05) is 5.32 Å². The first-order valence-electron chi connectivity index (χ1n) is 5.22. The Morgan fingerprint density at radius 2 is 2.31 bits per heavy atom. The van der Waals surface area contributed by atoms with E-state index < -0.39 is 0 Å². The minimum absolute atomic E-state index is 0.0511. The molecule has 1 atom stereocenters. The summed E-state index contributed by atoms with van der Waals surface area (Å²) in [6.07, 6.45) is 1.49. The van der Waals surface area contributed by atoms with Gasteiger partial charge in [-0.3, -0.25) is 4.79 Å². The molecule has 1 unspecified atom stereocenters. The van der Waals surface area contributed by atoms with Crippen LogP contribution >= 0.6 is 11.6 Å². The molecule has 1 aliphatic heterocycles. The molecule has 2 nitrogen and oxygen atoms in total. The average molecular weight is 234 g/mol. The normalized spacial score (nSPS) is 17.4. The molecule has 2 rings (SSSR count). The first-order chi connectivity index (χ1) is 7.72. The van der Waals surface area contributed by atoms with Crippen molar-refractivity contribution < 1.29 is 4.79 Å². The molecule has 0 spiro atoms. The van der Waals surface area contributed by atoms with E-state index in [0.717, 1.165) is 24.1 Å². The van der Waals surface area contributed by atoms with Crippen LogP contribution in [0.4, 0.5) is 5.69 Å². The fourth-order valence-electron chi connectivity index (χ4n) is 1.92. The van der Waals surface area contributed by atoms with Gasteiger partial charge in [-0.15, -0.1) is 11.8 Å². The molecule has 1 aliphatic rings. The van der Waals surface area contributed by atoms with Gasteiger partial charge in [0.1, 0.15) is 0 Å². The van der Waals surface area contributed by atoms with Gasteiger partial charge in [0.05, 0.1) is 5.92 Å². The number of benzene rings is 1. The molecule has 1 amide bonds. The van der Waals surface area contributed by atoms with Gasteiger partial charge >= 0.3 is 0 Å². The van der Waals surface area contributed by atoms with Crippen molar-refractivity contribution in [2.24, 2.45) is 0 Å². The van der Waals surface area contributed by atoms with Gasteiger partial charge in [0, 0.05) is 17.1 Å². The van der Waals surface area contributed by atoms with E-state index in [1.807, 2.05) is 12.1 Å². The highest BCUT2D eigenvalue weighted by Crippen LogP contribution is 2.36. The first kappa shape index (κ1) is 11.0. The quantitative estimate of drug-likeness (QED) is 0.781. The lowest BCUT2D eigenvalue weighted by Gasteiger charge is -2.06. The van der Waals surface area contributed by atoms with Crippen LogP contribution in [0.15, 0.2) is 18.2 Å². The zero-order valence-electron chi connectivity index (χ0n) is 9.01. The van der Waals surface area contributed by atoms with Crippen LogP contribution in [0.3, 0.4) is 0 Å². The highest BCUT2D eigenvalue weighted by atomic mass is 35.5. The van der Waals surface area contributed by atoms with E-state index in [1.54, 1.807) is 13.0 Å². The van der Waals surface area contributed by atoms with Crippen molar-refractivity contribution in [3.63, 3.8) is 0 Å². The van der Waals surface area contributed by atoms with Crippen molar-refractivity contribution in [2.45, 2.75) is 25.7 Å². The molecule has 0 saturated heterocycles. The van der Waals surface area contributed by atoms with Gasteiger partial charge in [-0.25, -0.2) is 0 Å². The summed E-state index contributed by atoms with van der Waals surface area (Å²) in [5, 5.41) is 3.52. The SMILES string of the molecule is CC#CCCC1C(=O)Nc2ccc(Cl)cc21. The van der Waals surface area contributed by atoms with Gasteiger partial charge in [-0.05, 0) is 37.1 Å². The fraction of sp³-hybridized carbons (Fsp3) is 0.308. The summed E-state index contributed by atoms with van der Waals surface area (Å²) >= 11 is 5.93. The molecule has 3 heteroatoms. The number of fused-ring (bicyclic) bond motifs is 1. The number of carbonyl (C=O) groups is 1. The Morgan fingerprint density at radius 1 is 1.50 bits per heavy atom. The van der Waals surface area contributed by atoms with Gasteiger partial charge in [0.25, 0.3) is 0 Å². The van der Waals surface area contributed by atoms with Crippen LogP contribution in [-0.4, -0.2) is 5.91 Å². The second-order valence-electron chi connectivity index (χ2n) is 3.74. The molecular formula is C13H12ClNO. The van der Waals surface area contributed by atoms with Crippen molar-refractivity contribution in [1.82, 2.24) is 0 Å². The minimum Gasteiger partial charge on any atom is -0.325 e. The zero-order valence-corrected chi connectivity index (χ0v) is 9.77. The van der Waals surface area contributed by atoms with E-state index in [1.165, 1.54) is 0 Å². The number of hydrogen-bond donors (Lipinski definition) is 1. The van der Waals surface area contributed by atoms with Crippen molar-refractivity contribution in [3.8, 4) is 11.8 Å². The van der Waals surface area contributed by atoms with E-state index in [4.69, 9.17) is 11.6 Å². The Balaban J connectivity index is 2.23. The molecule has 16 heavy (non-hydrogen) atoms. The third-order valence-corrected chi connectivity index (χ3v) is 2.93. The maximum absolute atomic E-state index is 11.7. The first-order valence-corrected chi connectivity index (χ1v) is 5.60. The van der Waals surface area contributed by atoms with E-state index in [0.29, 0.717) is 5.02 Å². The average Bonchev–Trinajstić information content (AvgIpc) is 2.56. The third kappa shape index (κ3) is 2.05. The molecule has 0 radical (unpaired) electrons. The van der Waals surface area contributed by atoms with Crippen LogP contribution in [0.2, 0.25) is 5.02 Å². The maximum Gasteiger partial charge on any atom is 0.232 e.